The maximum atomic E-state index is 13.5. The van der Waals surface area contributed by atoms with Crippen molar-refractivity contribution >= 4 is 23.7 Å². The number of carbonyl (C=O) groups excluding carboxylic acids is 3. The van der Waals surface area contributed by atoms with E-state index in [1.165, 1.54) is 142 Å². The van der Waals surface area contributed by atoms with Gasteiger partial charge in [-0.2, -0.15) is 0 Å². The Bertz CT molecular complexity index is 996. The number of esters is 1. The normalized spacial score (nSPS) is 12.4. The molecule has 334 valence electrons. The van der Waals surface area contributed by atoms with Gasteiger partial charge < -0.3 is 37.5 Å². The van der Waals surface area contributed by atoms with Gasteiger partial charge in [-0.3, -0.25) is 19.8 Å². The third kappa shape index (κ3) is 37.4. The minimum atomic E-state index is -0.798. The minimum Gasteiger partial charge on any atom is -0.469 e. The Labute approximate surface area is 350 Å². The van der Waals surface area contributed by atoms with Crippen LogP contribution in [0.5, 0.6) is 0 Å². The van der Waals surface area contributed by atoms with Crippen molar-refractivity contribution in [3.63, 3.8) is 0 Å². The second-order valence-corrected chi connectivity index (χ2v) is 16.3. The Morgan fingerprint density at radius 2 is 1.02 bits per heavy atom. The van der Waals surface area contributed by atoms with Crippen LogP contribution < -0.4 is 27.8 Å². The van der Waals surface area contributed by atoms with Gasteiger partial charge in [0.25, 0.3) is 0 Å². The molecular formula is C46H91N7O4. The van der Waals surface area contributed by atoms with Crippen LogP contribution in [-0.4, -0.2) is 74.0 Å². The van der Waals surface area contributed by atoms with Crippen LogP contribution in [0.25, 0.3) is 0 Å². The molecule has 0 aliphatic heterocycles. The molecule has 0 bridgehead atoms. The molecule has 0 fully saturated rings. The maximum Gasteiger partial charge on any atom is 0.305 e. The molecule has 0 radical (unpaired) electrons. The lowest BCUT2D eigenvalue weighted by molar-refractivity contribution is -0.140. The number of allylic oxidation sites excluding steroid dienone is 2. The van der Waals surface area contributed by atoms with Crippen molar-refractivity contribution in [2.75, 3.05) is 33.3 Å². The van der Waals surface area contributed by atoms with Crippen LogP contribution in [-0.2, 0) is 19.1 Å². The highest BCUT2D eigenvalue weighted by atomic mass is 16.5. The lowest BCUT2D eigenvalue weighted by atomic mass is 10.0. The van der Waals surface area contributed by atoms with Crippen LogP contribution >= 0.6 is 0 Å². The second-order valence-electron chi connectivity index (χ2n) is 16.3. The highest BCUT2D eigenvalue weighted by Crippen LogP contribution is 2.15. The number of hydrogen-bond donors (Lipinski definition) is 6. The largest absolute Gasteiger partial charge is 0.469 e. The molecule has 0 aliphatic carbocycles. The van der Waals surface area contributed by atoms with Gasteiger partial charge >= 0.3 is 5.97 Å². The summed E-state index contributed by atoms with van der Waals surface area (Å²) in [4.78, 5) is 39.1. The molecule has 2 unspecified atom stereocenters. The van der Waals surface area contributed by atoms with Gasteiger partial charge in [0, 0.05) is 32.6 Å². The van der Waals surface area contributed by atoms with E-state index in [1.807, 2.05) is 4.90 Å². The van der Waals surface area contributed by atoms with E-state index in [-0.39, 0.29) is 30.3 Å². The highest BCUT2D eigenvalue weighted by molar-refractivity contribution is 5.85. The fourth-order valence-electron chi connectivity index (χ4n) is 7.19. The number of methoxy groups -OCH3 is 1. The number of carbonyl (C=O) groups is 3. The summed E-state index contributed by atoms with van der Waals surface area (Å²) >= 11 is 0. The summed E-state index contributed by atoms with van der Waals surface area (Å²) in [6.45, 7) is 4.24. The number of unbranched alkanes of at least 4 members (excludes halogenated alkanes) is 26. The van der Waals surface area contributed by atoms with Gasteiger partial charge in [0.2, 0.25) is 11.8 Å². The van der Waals surface area contributed by atoms with Gasteiger partial charge in [-0.25, -0.2) is 0 Å². The first-order chi connectivity index (χ1) is 27.7. The number of amides is 2. The number of ether oxygens (including phenoxy) is 1. The van der Waals surface area contributed by atoms with Crippen LogP contribution in [0.2, 0.25) is 0 Å². The molecule has 0 saturated heterocycles. The zero-order valence-electron chi connectivity index (χ0n) is 37.1. The second kappa shape index (κ2) is 41.5. The number of rotatable bonds is 42. The van der Waals surface area contributed by atoms with E-state index < -0.39 is 12.1 Å². The molecule has 0 aromatic carbocycles. The van der Waals surface area contributed by atoms with Crippen molar-refractivity contribution < 1.29 is 19.1 Å². The van der Waals surface area contributed by atoms with E-state index in [4.69, 9.17) is 22.6 Å². The van der Waals surface area contributed by atoms with Gasteiger partial charge in [0.1, 0.15) is 6.04 Å². The SMILES string of the molecule is CCCCCCCCCCCCCCCCCCN(CCCCCCCC/C=C\CCCCCCCC(=O)OC)C(=O)C(N)CNC(=O)C(N)CCCNC(=N)N. The molecular weight excluding hydrogens is 715 g/mol. The Balaban J connectivity index is 4.39. The van der Waals surface area contributed by atoms with Crippen molar-refractivity contribution in [2.45, 2.75) is 224 Å². The van der Waals surface area contributed by atoms with Crippen LogP contribution in [0.3, 0.4) is 0 Å². The zero-order chi connectivity index (χ0) is 42.0. The smallest absolute Gasteiger partial charge is 0.305 e. The number of nitrogens with zero attached hydrogens (tertiary/aromatic N) is 1. The summed E-state index contributed by atoms with van der Waals surface area (Å²) < 4.78 is 4.69. The molecule has 0 aliphatic rings. The average molecular weight is 806 g/mol. The molecule has 2 amide bonds. The van der Waals surface area contributed by atoms with E-state index in [1.54, 1.807) is 0 Å². The van der Waals surface area contributed by atoms with Crippen molar-refractivity contribution in [3.8, 4) is 0 Å². The Morgan fingerprint density at radius 3 is 1.46 bits per heavy atom. The third-order valence-electron chi connectivity index (χ3n) is 10.9. The van der Waals surface area contributed by atoms with Gasteiger partial charge in [0.05, 0.1) is 13.2 Å². The summed E-state index contributed by atoms with van der Waals surface area (Å²) in [6.07, 6.45) is 42.1. The van der Waals surface area contributed by atoms with Gasteiger partial charge in [-0.05, 0) is 57.8 Å². The number of hydrogen-bond acceptors (Lipinski definition) is 7. The summed E-state index contributed by atoms with van der Waals surface area (Å²) in [5.74, 6) is -0.627. The maximum absolute atomic E-state index is 13.5. The lowest BCUT2D eigenvalue weighted by Crippen LogP contribution is -2.52. The molecule has 0 aromatic heterocycles. The summed E-state index contributed by atoms with van der Waals surface area (Å²) in [7, 11) is 1.45. The summed E-state index contributed by atoms with van der Waals surface area (Å²) in [5, 5.41) is 12.7. The first-order valence-corrected chi connectivity index (χ1v) is 23.6. The van der Waals surface area contributed by atoms with Crippen LogP contribution in [0.4, 0.5) is 0 Å². The minimum absolute atomic E-state index is 0.0689. The number of nitrogens with one attached hydrogen (secondary N) is 3. The zero-order valence-corrected chi connectivity index (χ0v) is 37.1. The van der Waals surface area contributed by atoms with Gasteiger partial charge in [0.15, 0.2) is 5.96 Å². The van der Waals surface area contributed by atoms with Crippen LogP contribution in [0.15, 0.2) is 12.2 Å². The quantitative estimate of drug-likeness (QED) is 0.0116. The Morgan fingerprint density at radius 1 is 0.596 bits per heavy atom. The molecule has 0 saturated carbocycles. The van der Waals surface area contributed by atoms with Crippen LogP contribution in [0, 0.1) is 5.41 Å². The van der Waals surface area contributed by atoms with Crippen molar-refractivity contribution in [1.82, 2.24) is 15.5 Å². The standard InChI is InChI=1S/C46H91N7O4/c1-3-4-5-6-7-8-9-10-11-14-17-20-23-26-29-32-38-53(45(56)42(48)40-52-44(55)41(47)35-34-37-51-46(49)50)39-33-30-27-24-21-18-15-12-13-16-19-22-25-28-31-36-43(54)57-2/h12-13,41-42H,3-11,14-40,47-48H2,1-2H3,(H,52,55)(H4,49,50,51)/b13-12-. The third-order valence-corrected chi connectivity index (χ3v) is 10.9. The highest BCUT2D eigenvalue weighted by Gasteiger charge is 2.22. The molecule has 0 aromatic rings. The molecule has 0 spiro atoms. The topological polar surface area (TPSA) is 190 Å². The predicted octanol–water partition coefficient (Wildman–Crippen LogP) is 9.30. The van der Waals surface area contributed by atoms with Crippen LogP contribution in [0.1, 0.15) is 212 Å². The molecule has 11 heteroatoms. The molecule has 2 atom stereocenters. The monoisotopic (exact) mass is 806 g/mol. The fraction of sp³-hybridized carbons (Fsp3) is 0.870. The van der Waals surface area contributed by atoms with Crippen molar-refractivity contribution in [1.29, 1.82) is 5.41 Å². The first-order valence-electron chi connectivity index (χ1n) is 23.6. The van der Waals surface area contributed by atoms with Gasteiger partial charge in [-0.1, -0.05) is 160 Å². The average Bonchev–Trinajstić information content (AvgIpc) is 3.20. The molecule has 0 rings (SSSR count). The first kappa shape index (κ1) is 54.3. The van der Waals surface area contributed by atoms with Crippen molar-refractivity contribution in [2.24, 2.45) is 17.2 Å². The fourth-order valence-corrected chi connectivity index (χ4v) is 7.19. The Hall–Kier alpha value is -2.66. The molecule has 57 heavy (non-hydrogen) atoms. The molecule has 9 N–H and O–H groups in total. The van der Waals surface area contributed by atoms with E-state index in [0.29, 0.717) is 38.9 Å². The molecule has 11 nitrogen and oxygen atoms in total. The van der Waals surface area contributed by atoms with E-state index in [2.05, 4.69) is 34.4 Å². The van der Waals surface area contributed by atoms with E-state index in [0.717, 1.165) is 51.4 Å². The number of nitrogens with two attached hydrogens (primary N) is 3. The number of guanidine groups is 1. The van der Waals surface area contributed by atoms with E-state index >= 15 is 0 Å². The lowest BCUT2D eigenvalue weighted by Gasteiger charge is -2.26. The Kier molecular flexibility index (Phi) is 39.6. The van der Waals surface area contributed by atoms with Gasteiger partial charge in [-0.15, -0.1) is 0 Å². The summed E-state index contributed by atoms with van der Waals surface area (Å²) in [5.41, 5.74) is 17.7. The predicted molar refractivity (Wildman–Crippen MR) is 240 cm³/mol. The summed E-state index contributed by atoms with van der Waals surface area (Å²) in [6, 6.07) is -1.50. The van der Waals surface area contributed by atoms with Crippen molar-refractivity contribution in [3.05, 3.63) is 12.2 Å². The molecule has 0 heterocycles. The van der Waals surface area contributed by atoms with E-state index in [9.17, 15) is 14.4 Å².